The topological polar surface area (TPSA) is 57.6 Å². The summed E-state index contributed by atoms with van der Waals surface area (Å²) >= 11 is 3.42. The van der Waals surface area contributed by atoms with E-state index in [1.807, 2.05) is 25.1 Å². The smallest absolute Gasteiger partial charge is 0.309 e. The van der Waals surface area contributed by atoms with Gasteiger partial charge >= 0.3 is 5.97 Å². The van der Waals surface area contributed by atoms with Crippen molar-refractivity contribution in [2.45, 2.75) is 26.3 Å². The monoisotopic (exact) mass is 311 g/mol. The summed E-state index contributed by atoms with van der Waals surface area (Å²) in [6.07, 6.45) is 0.0714. The van der Waals surface area contributed by atoms with Crippen LogP contribution in [0.2, 0.25) is 0 Å². The molecule has 96 valence electrons. The van der Waals surface area contributed by atoms with E-state index in [1.165, 1.54) is 0 Å². The van der Waals surface area contributed by atoms with Gasteiger partial charge in [-0.15, -0.1) is 0 Å². The standard InChI is InChI=1S/C13H14BrNO3/c1-7-3-4-9(5-11(7)14)15-8(2)10(13(17)18)6-12(15)16/h3-5,8,10H,6H2,1-2H3,(H,17,18). The minimum atomic E-state index is -0.912. The molecular weight excluding hydrogens is 298 g/mol. The predicted octanol–water partition coefficient (Wildman–Crippen LogP) is 2.58. The normalized spacial score (nSPS) is 23.5. The maximum Gasteiger partial charge on any atom is 0.309 e. The molecule has 1 amide bonds. The molecule has 5 heteroatoms. The van der Waals surface area contributed by atoms with Crippen molar-refractivity contribution >= 4 is 33.5 Å². The van der Waals surface area contributed by atoms with Crippen molar-refractivity contribution in [3.05, 3.63) is 28.2 Å². The highest BCUT2D eigenvalue weighted by Gasteiger charge is 2.41. The molecule has 1 saturated heterocycles. The molecule has 2 unspecified atom stereocenters. The van der Waals surface area contributed by atoms with Gasteiger partial charge in [0.05, 0.1) is 5.92 Å². The Balaban J connectivity index is 2.35. The number of benzene rings is 1. The van der Waals surface area contributed by atoms with Gasteiger partial charge < -0.3 is 10.0 Å². The number of aliphatic carboxylic acids is 1. The van der Waals surface area contributed by atoms with Gasteiger partial charge in [-0.25, -0.2) is 0 Å². The Labute approximate surface area is 114 Å². The van der Waals surface area contributed by atoms with Crippen molar-refractivity contribution in [2.75, 3.05) is 4.90 Å². The lowest BCUT2D eigenvalue weighted by molar-refractivity contribution is -0.142. The summed E-state index contributed by atoms with van der Waals surface area (Å²) in [5.74, 6) is -1.67. The Morgan fingerprint density at radius 1 is 1.50 bits per heavy atom. The third kappa shape index (κ3) is 2.14. The molecule has 2 atom stereocenters. The molecule has 1 aliphatic rings. The van der Waals surface area contributed by atoms with Crippen LogP contribution in [0.5, 0.6) is 0 Å². The highest BCUT2D eigenvalue weighted by Crippen LogP contribution is 2.33. The number of hydrogen-bond acceptors (Lipinski definition) is 2. The lowest BCUT2D eigenvalue weighted by Crippen LogP contribution is -2.34. The zero-order valence-corrected chi connectivity index (χ0v) is 11.8. The van der Waals surface area contributed by atoms with Crippen LogP contribution in [0.15, 0.2) is 22.7 Å². The summed E-state index contributed by atoms with van der Waals surface area (Å²) in [4.78, 5) is 24.6. The number of carboxylic acids is 1. The van der Waals surface area contributed by atoms with Crippen LogP contribution in [0.1, 0.15) is 18.9 Å². The van der Waals surface area contributed by atoms with E-state index in [1.54, 1.807) is 11.8 Å². The number of rotatable bonds is 2. The second kappa shape index (κ2) is 4.72. The van der Waals surface area contributed by atoms with Gasteiger partial charge in [-0.2, -0.15) is 0 Å². The summed E-state index contributed by atoms with van der Waals surface area (Å²) in [5.41, 5.74) is 1.82. The van der Waals surface area contributed by atoms with Crippen LogP contribution in [-0.2, 0) is 9.59 Å². The van der Waals surface area contributed by atoms with Crippen LogP contribution in [0.3, 0.4) is 0 Å². The summed E-state index contributed by atoms with van der Waals surface area (Å²) in [6.45, 7) is 3.74. The Morgan fingerprint density at radius 3 is 2.67 bits per heavy atom. The average molecular weight is 312 g/mol. The summed E-state index contributed by atoms with van der Waals surface area (Å²) in [6, 6.07) is 5.30. The summed E-state index contributed by atoms with van der Waals surface area (Å²) < 4.78 is 0.916. The van der Waals surface area contributed by atoms with Crippen LogP contribution in [0, 0.1) is 12.8 Å². The summed E-state index contributed by atoms with van der Waals surface area (Å²) in [7, 11) is 0. The van der Waals surface area contributed by atoms with Crippen LogP contribution >= 0.6 is 15.9 Å². The highest BCUT2D eigenvalue weighted by molar-refractivity contribution is 9.10. The average Bonchev–Trinajstić information content (AvgIpc) is 2.59. The van der Waals surface area contributed by atoms with Gasteiger partial charge in [-0.1, -0.05) is 22.0 Å². The largest absolute Gasteiger partial charge is 0.481 e. The SMILES string of the molecule is Cc1ccc(N2C(=O)CC(C(=O)O)C2C)cc1Br. The van der Waals surface area contributed by atoms with E-state index in [9.17, 15) is 9.59 Å². The fourth-order valence-electron chi connectivity index (χ4n) is 2.27. The van der Waals surface area contributed by atoms with E-state index < -0.39 is 11.9 Å². The molecule has 1 fully saturated rings. The molecule has 0 aromatic heterocycles. The predicted molar refractivity (Wildman–Crippen MR) is 71.6 cm³/mol. The fourth-order valence-corrected chi connectivity index (χ4v) is 2.64. The van der Waals surface area contributed by atoms with Gasteiger partial charge in [0.2, 0.25) is 5.91 Å². The van der Waals surface area contributed by atoms with E-state index >= 15 is 0 Å². The maximum atomic E-state index is 11.9. The van der Waals surface area contributed by atoms with Crippen molar-refractivity contribution in [2.24, 2.45) is 5.92 Å². The Hall–Kier alpha value is -1.36. The molecule has 4 nitrogen and oxygen atoms in total. The number of halogens is 1. The second-order valence-electron chi connectivity index (χ2n) is 4.59. The molecule has 0 saturated carbocycles. The molecule has 1 aromatic carbocycles. The molecule has 1 heterocycles. The van der Waals surface area contributed by atoms with Crippen LogP contribution in [0.4, 0.5) is 5.69 Å². The summed E-state index contributed by atoms with van der Waals surface area (Å²) in [5, 5.41) is 9.08. The molecule has 2 rings (SSSR count). The van der Waals surface area contributed by atoms with Crippen molar-refractivity contribution in [3.63, 3.8) is 0 Å². The van der Waals surface area contributed by atoms with Gasteiger partial charge in [-0.05, 0) is 31.5 Å². The van der Waals surface area contributed by atoms with Crippen molar-refractivity contribution in [1.29, 1.82) is 0 Å². The van der Waals surface area contributed by atoms with Gasteiger partial charge in [0.25, 0.3) is 0 Å². The first-order valence-electron chi connectivity index (χ1n) is 5.73. The number of hydrogen-bond donors (Lipinski definition) is 1. The molecule has 1 N–H and O–H groups in total. The number of carboxylic acid groups (broad SMARTS) is 1. The zero-order valence-electron chi connectivity index (χ0n) is 10.2. The first-order chi connectivity index (χ1) is 8.41. The highest BCUT2D eigenvalue weighted by atomic mass is 79.9. The molecular formula is C13H14BrNO3. The third-order valence-corrected chi connectivity index (χ3v) is 4.26. The minimum absolute atomic E-state index is 0.0714. The molecule has 0 radical (unpaired) electrons. The number of amides is 1. The molecule has 0 spiro atoms. The quantitative estimate of drug-likeness (QED) is 0.913. The minimum Gasteiger partial charge on any atom is -0.481 e. The zero-order chi connectivity index (χ0) is 13.4. The number of carbonyl (C=O) groups excluding carboxylic acids is 1. The molecule has 0 bridgehead atoms. The van der Waals surface area contributed by atoms with Gasteiger partial charge in [0.1, 0.15) is 0 Å². The van der Waals surface area contributed by atoms with Crippen LogP contribution < -0.4 is 4.90 Å². The van der Waals surface area contributed by atoms with Crippen molar-refractivity contribution in [1.82, 2.24) is 0 Å². The van der Waals surface area contributed by atoms with Gasteiger partial charge in [0.15, 0.2) is 0 Å². The molecule has 0 aliphatic carbocycles. The lowest BCUT2D eigenvalue weighted by atomic mass is 10.0. The Morgan fingerprint density at radius 2 is 2.17 bits per heavy atom. The van der Waals surface area contributed by atoms with Crippen molar-refractivity contribution < 1.29 is 14.7 Å². The number of nitrogens with zero attached hydrogens (tertiary/aromatic N) is 1. The van der Waals surface area contributed by atoms with Gasteiger partial charge in [0, 0.05) is 22.6 Å². The molecule has 1 aliphatic heterocycles. The molecule has 18 heavy (non-hydrogen) atoms. The maximum absolute atomic E-state index is 11.9. The van der Waals surface area contributed by atoms with Gasteiger partial charge in [-0.3, -0.25) is 9.59 Å². The van der Waals surface area contributed by atoms with E-state index in [0.717, 1.165) is 15.7 Å². The number of carbonyl (C=O) groups is 2. The molecule has 1 aromatic rings. The second-order valence-corrected chi connectivity index (χ2v) is 5.44. The van der Waals surface area contributed by atoms with E-state index in [4.69, 9.17) is 5.11 Å². The van der Waals surface area contributed by atoms with E-state index in [-0.39, 0.29) is 18.4 Å². The van der Waals surface area contributed by atoms with Crippen molar-refractivity contribution in [3.8, 4) is 0 Å². The Kier molecular flexibility index (Phi) is 3.43. The number of anilines is 1. The Bertz CT molecular complexity index is 515. The fraction of sp³-hybridized carbons (Fsp3) is 0.385. The van der Waals surface area contributed by atoms with E-state index in [2.05, 4.69) is 15.9 Å². The number of aryl methyl sites for hydroxylation is 1. The first kappa shape index (κ1) is 13.1. The first-order valence-corrected chi connectivity index (χ1v) is 6.52. The van der Waals surface area contributed by atoms with Crippen LogP contribution in [-0.4, -0.2) is 23.0 Å². The third-order valence-electron chi connectivity index (χ3n) is 3.40. The lowest BCUT2D eigenvalue weighted by Gasteiger charge is -2.24. The van der Waals surface area contributed by atoms with Crippen LogP contribution in [0.25, 0.3) is 0 Å². The van der Waals surface area contributed by atoms with E-state index in [0.29, 0.717) is 0 Å².